The molecule has 0 atom stereocenters. The van der Waals surface area contributed by atoms with Gasteiger partial charge in [-0.1, -0.05) is 0 Å². The molecule has 1 heterocycles. The third-order valence-corrected chi connectivity index (χ3v) is 2.07. The number of carbonyl (C=O) groups is 2. The summed E-state index contributed by atoms with van der Waals surface area (Å²) in [4.78, 5) is 21.0. The summed E-state index contributed by atoms with van der Waals surface area (Å²) >= 11 is 0. The number of carboxylic acids is 1. The number of rotatable bonds is 1. The van der Waals surface area contributed by atoms with Gasteiger partial charge in [0.25, 0.3) is 6.47 Å². The van der Waals surface area contributed by atoms with Crippen molar-refractivity contribution >= 4 is 12.4 Å². The normalized spacial score (nSPS) is 18.5. The summed E-state index contributed by atoms with van der Waals surface area (Å²) < 4.78 is 0. The Hall–Kier alpha value is -1.10. The van der Waals surface area contributed by atoms with E-state index in [0.29, 0.717) is 0 Å². The van der Waals surface area contributed by atoms with Crippen LogP contribution in [0, 0.1) is 5.92 Å². The number of carboxylic acid groups (broad SMARTS) is 2. The molecule has 0 spiro atoms. The highest BCUT2D eigenvalue weighted by molar-refractivity contribution is 5.70. The van der Waals surface area contributed by atoms with Gasteiger partial charge in [0.2, 0.25) is 0 Å². The molecule has 0 aliphatic carbocycles. The van der Waals surface area contributed by atoms with Gasteiger partial charge in [-0.15, -0.1) is 0 Å². The fourth-order valence-electron chi connectivity index (χ4n) is 1.26. The molecule has 2 N–H and O–H groups in total. The SMILES string of the molecule is CN1CCC(C(=O)O)CC1.O=CO. The molecule has 0 aromatic heterocycles. The predicted molar refractivity (Wildman–Crippen MR) is 46.5 cm³/mol. The second-order valence-electron chi connectivity index (χ2n) is 3.02. The second kappa shape index (κ2) is 6.42. The molecule has 1 rings (SSSR count). The van der Waals surface area contributed by atoms with E-state index in [1.165, 1.54) is 0 Å². The van der Waals surface area contributed by atoms with Gasteiger partial charge >= 0.3 is 5.97 Å². The molecule has 0 aromatic carbocycles. The summed E-state index contributed by atoms with van der Waals surface area (Å²) in [6, 6.07) is 0. The lowest BCUT2D eigenvalue weighted by Crippen LogP contribution is -2.33. The predicted octanol–water partition coefficient (Wildman–Crippen LogP) is 0.114. The summed E-state index contributed by atoms with van der Waals surface area (Å²) in [6.07, 6.45) is 1.62. The fourth-order valence-corrected chi connectivity index (χ4v) is 1.26. The van der Waals surface area contributed by atoms with Crippen molar-refractivity contribution in [3.05, 3.63) is 0 Å². The van der Waals surface area contributed by atoms with Crippen LogP contribution in [0.25, 0.3) is 0 Å². The van der Waals surface area contributed by atoms with Gasteiger partial charge in [-0.3, -0.25) is 9.59 Å². The molecule has 5 nitrogen and oxygen atoms in total. The van der Waals surface area contributed by atoms with Gasteiger partial charge in [0.05, 0.1) is 5.92 Å². The fraction of sp³-hybridized carbons (Fsp3) is 0.750. The van der Waals surface area contributed by atoms with E-state index in [-0.39, 0.29) is 12.4 Å². The van der Waals surface area contributed by atoms with Crippen LogP contribution < -0.4 is 0 Å². The van der Waals surface area contributed by atoms with E-state index in [4.69, 9.17) is 15.0 Å². The lowest BCUT2D eigenvalue weighted by molar-refractivity contribution is -0.143. The van der Waals surface area contributed by atoms with Crippen LogP contribution in [0.1, 0.15) is 12.8 Å². The molecule has 76 valence electrons. The van der Waals surface area contributed by atoms with Gasteiger partial charge in [0.15, 0.2) is 0 Å². The summed E-state index contributed by atoms with van der Waals surface area (Å²) in [5.74, 6) is -0.718. The zero-order chi connectivity index (χ0) is 10.3. The van der Waals surface area contributed by atoms with Crippen molar-refractivity contribution in [2.24, 2.45) is 5.92 Å². The van der Waals surface area contributed by atoms with Crippen LogP contribution in [-0.2, 0) is 9.59 Å². The number of nitrogens with zero attached hydrogens (tertiary/aromatic N) is 1. The molecule has 0 amide bonds. The molecule has 0 bridgehead atoms. The number of hydrogen-bond donors (Lipinski definition) is 2. The highest BCUT2D eigenvalue weighted by atomic mass is 16.4. The van der Waals surface area contributed by atoms with Gasteiger partial charge in [-0.2, -0.15) is 0 Å². The average molecular weight is 189 g/mol. The second-order valence-corrected chi connectivity index (χ2v) is 3.02. The van der Waals surface area contributed by atoms with Crippen molar-refractivity contribution in [3.63, 3.8) is 0 Å². The van der Waals surface area contributed by atoms with E-state index >= 15 is 0 Å². The minimum atomic E-state index is -0.631. The van der Waals surface area contributed by atoms with E-state index in [2.05, 4.69) is 4.90 Å². The Morgan fingerprint density at radius 1 is 1.46 bits per heavy atom. The van der Waals surface area contributed by atoms with Crippen LogP contribution in [0.3, 0.4) is 0 Å². The zero-order valence-electron chi connectivity index (χ0n) is 7.64. The van der Waals surface area contributed by atoms with Crippen molar-refractivity contribution in [1.82, 2.24) is 4.90 Å². The molecular weight excluding hydrogens is 174 g/mol. The van der Waals surface area contributed by atoms with Gasteiger partial charge in [0, 0.05) is 0 Å². The third-order valence-electron chi connectivity index (χ3n) is 2.07. The molecule has 0 aromatic rings. The highest BCUT2D eigenvalue weighted by Gasteiger charge is 2.21. The molecule has 13 heavy (non-hydrogen) atoms. The standard InChI is InChI=1S/C7H13NO2.CH2O2/c1-8-4-2-6(3-5-8)7(9)10;2-1-3/h6H,2-5H2,1H3,(H,9,10);1H,(H,2,3). The summed E-state index contributed by atoms with van der Waals surface area (Å²) in [6.45, 7) is 1.61. The molecule has 0 unspecified atom stereocenters. The summed E-state index contributed by atoms with van der Waals surface area (Å²) in [7, 11) is 2.03. The first kappa shape index (κ1) is 11.9. The Bertz CT molecular complexity index is 164. The lowest BCUT2D eigenvalue weighted by atomic mass is 9.98. The van der Waals surface area contributed by atoms with Crippen molar-refractivity contribution in [1.29, 1.82) is 0 Å². The largest absolute Gasteiger partial charge is 0.483 e. The van der Waals surface area contributed by atoms with E-state index in [0.717, 1.165) is 25.9 Å². The number of piperidine rings is 1. The third kappa shape index (κ3) is 5.19. The van der Waals surface area contributed by atoms with Crippen LogP contribution in [0.15, 0.2) is 0 Å². The van der Waals surface area contributed by atoms with Gasteiger partial charge in [0.1, 0.15) is 0 Å². The molecular formula is C8H15NO4. The van der Waals surface area contributed by atoms with Crippen molar-refractivity contribution in [3.8, 4) is 0 Å². The Kier molecular flexibility index (Phi) is 5.88. The van der Waals surface area contributed by atoms with E-state index in [1.807, 2.05) is 7.05 Å². The topological polar surface area (TPSA) is 77.8 Å². The lowest BCUT2D eigenvalue weighted by Gasteiger charge is -2.25. The molecule has 5 heteroatoms. The monoisotopic (exact) mass is 189 g/mol. The maximum atomic E-state index is 10.4. The molecule has 1 saturated heterocycles. The van der Waals surface area contributed by atoms with Gasteiger partial charge < -0.3 is 15.1 Å². The maximum absolute atomic E-state index is 10.4. The molecule has 1 fully saturated rings. The van der Waals surface area contributed by atoms with Crippen LogP contribution in [-0.4, -0.2) is 47.7 Å². The first-order valence-electron chi connectivity index (χ1n) is 4.11. The van der Waals surface area contributed by atoms with Crippen LogP contribution >= 0.6 is 0 Å². The minimum Gasteiger partial charge on any atom is -0.483 e. The number of aliphatic carboxylic acids is 1. The Balaban J connectivity index is 0.000000424. The maximum Gasteiger partial charge on any atom is 0.306 e. The smallest absolute Gasteiger partial charge is 0.306 e. The zero-order valence-corrected chi connectivity index (χ0v) is 7.64. The van der Waals surface area contributed by atoms with E-state index in [9.17, 15) is 4.79 Å². The number of hydrogen-bond acceptors (Lipinski definition) is 3. The first-order valence-corrected chi connectivity index (χ1v) is 4.11. The van der Waals surface area contributed by atoms with E-state index in [1.54, 1.807) is 0 Å². The highest BCUT2D eigenvalue weighted by Crippen LogP contribution is 2.15. The van der Waals surface area contributed by atoms with Crippen LogP contribution in [0.5, 0.6) is 0 Å². The molecule has 1 aliphatic rings. The molecule has 1 aliphatic heterocycles. The Labute approximate surface area is 77.0 Å². The van der Waals surface area contributed by atoms with Crippen molar-refractivity contribution in [2.45, 2.75) is 12.8 Å². The Morgan fingerprint density at radius 3 is 2.15 bits per heavy atom. The van der Waals surface area contributed by atoms with E-state index < -0.39 is 5.97 Å². The van der Waals surface area contributed by atoms with Gasteiger partial charge in [-0.25, -0.2) is 0 Å². The Morgan fingerprint density at radius 2 is 1.85 bits per heavy atom. The van der Waals surface area contributed by atoms with Gasteiger partial charge in [-0.05, 0) is 33.0 Å². The molecule has 0 saturated carbocycles. The summed E-state index contributed by atoms with van der Waals surface area (Å²) in [5, 5.41) is 15.5. The average Bonchev–Trinajstić information content (AvgIpc) is 2.06. The van der Waals surface area contributed by atoms with Crippen molar-refractivity contribution in [2.75, 3.05) is 20.1 Å². The number of likely N-dealkylation sites (tertiary alicyclic amines) is 1. The van der Waals surface area contributed by atoms with Crippen molar-refractivity contribution < 1.29 is 19.8 Å². The quantitative estimate of drug-likeness (QED) is 0.572. The van der Waals surface area contributed by atoms with Crippen LogP contribution in [0.4, 0.5) is 0 Å². The minimum absolute atomic E-state index is 0.0869. The first-order chi connectivity index (χ1) is 6.11. The summed E-state index contributed by atoms with van der Waals surface area (Å²) in [5.41, 5.74) is 0. The molecule has 0 radical (unpaired) electrons. The van der Waals surface area contributed by atoms with Crippen LogP contribution in [0.2, 0.25) is 0 Å².